The number of ether oxygens (including phenoxy) is 2. The predicted molar refractivity (Wildman–Crippen MR) is 73.2 cm³/mol. The van der Waals surface area contributed by atoms with Crippen molar-refractivity contribution in [3.63, 3.8) is 0 Å². The molecular weight excluding hydrogens is 226 g/mol. The molecule has 1 aliphatic carbocycles. The van der Waals surface area contributed by atoms with Crippen LogP contribution in [0.25, 0.3) is 0 Å². The van der Waals surface area contributed by atoms with Crippen LogP contribution in [-0.4, -0.2) is 20.3 Å². The molecular formula is C15H23NO2. The highest BCUT2D eigenvalue weighted by molar-refractivity contribution is 5.46. The van der Waals surface area contributed by atoms with Crippen molar-refractivity contribution in [2.75, 3.05) is 20.3 Å². The van der Waals surface area contributed by atoms with Gasteiger partial charge in [-0.2, -0.15) is 0 Å². The first kappa shape index (κ1) is 13.2. The van der Waals surface area contributed by atoms with E-state index in [4.69, 9.17) is 9.47 Å². The van der Waals surface area contributed by atoms with Crippen LogP contribution in [0.1, 0.15) is 31.7 Å². The molecule has 2 rings (SSSR count). The van der Waals surface area contributed by atoms with Crippen LogP contribution in [0.3, 0.4) is 0 Å². The lowest BCUT2D eigenvalue weighted by molar-refractivity contribution is 0.279. The van der Waals surface area contributed by atoms with Gasteiger partial charge in [-0.15, -0.1) is 0 Å². The second kappa shape index (κ2) is 6.64. The lowest BCUT2D eigenvalue weighted by atomic mass is 10.2. The molecule has 18 heavy (non-hydrogen) atoms. The zero-order chi connectivity index (χ0) is 12.8. The van der Waals surface area contributed by atoms with Gasteiger partial charge in [0.2, 0.25) is 0 Å². The van der Waals surface area contributed by atoms with Crippen LogP contribution in [0.2, 0.25) is 0 Å². The SMILES string of the molecule is CCNCc1cccc(OC)c1OCCC1CC1. The summed E-state index contributed by atoms with van der Waals surface area (Å²) in [6.45, 7) is 4.68. The highest BCUT2D eigenvalue weighted by atomic mass is 16.5. The molecule has 0 saturated heterocycles. The summed E-state index contributed by atoms with van der Waals surface area (Å²) in [4.78, 5) is 0. The molecule has 0 atom stereocenters. The Labute approximate surface area is 109 Å². The summed E-state index contributed by atoms with van der Waals surface area (Å²) in [5, 5.41) is 3.33. The molecule has 0 unspecified atom stereocenters. The minimum atomic E-state index is 0.796. The maximum absolute atomic E-state index is 5.94. The Balaban J connectivity index is 2.01. The smallest absolute Gasteiger partial charge is 0.165 e. The van der Waals surface area contributed by atoms with Gasteiger partial charge in [0.05, 0.1) is 13.7 Å². The van der Waals surface area contributed by atoms with Crippen LogP contribution in [0.15, 0.2) is 18.2 Å². The second-order valence-corrected chi connectivity index (χ2v) is 4.81. The van der Waals surface area contributed by atoms with Crippen LogP contribution >= 0.6 is 0 Å². The lowest BCUT2D eigenvalue weighted by Gasteiger charge is -2.15. The highest BCUT2D eigenvalue weighted by Crippen LogP contribution is 2.34. The molecule has 3 nitrogen and oxygen atoms in total. The fourth-order valence-corrected chi connectivity index (χ4v) is 2.02. The van der Waals surface area contributed by atoms with E-state index in [9.17, 15) is 0 Å². The molecule has 0 aliphatic heterocycles. The van der Waals surface area contributed by atoms with Gasteiger partial charge >= 0.3 is 0 Å². The number of para-hydroxylation sites is 1. The van der Waals surface area contributed by atoms with E-state index in [0.29, 0.717) is 0 Å². The summed E-state index contributed by atoms with van der Waals surface area (Å²) in [5.74, 6) is 2.64. The summed E-state index contributed by atoms with van der Waals surface area (Å²) in [6, 6.07) is 6.07. The molecule has 1 aliphatic rings. The van der Waals surface area contributed by atoms with Crippen molar-refractivity contribution >= 4 is 0 Å². The zero-order valence-electron chi connectivity index (χ0n) is 11.4. The predicted octanol–water partition coefficient (Wildman–Crippen LogP) is 2.98. The van der Waals surface area contributed by atoms with Crippen molar-refractivity contribution in [1.29, 1.82) is 0 Å². The van der Waals surface area contributed by atoms with Crippen LogP contribution in [0, 0.1) is 5.92 Å². The molecule has 1 N–H and O–H groups in total. The molecule has 1 saturated carbocycles. The third-order valence-corrected chi connectivity index (χ3v) is 3.32. The third-order valence-electron chi connectivity index (χ3n) is 3.32. The van der Waals surface area contributed by atoms with Gasteiger partial charge in [0.1, 0.15) is 0 Å². The van der Waals surface area contributed by atoms with Crippen LogP contribution in [0.4, 0.5) is 0 Å². The third kappa shape index (κ3) is 3.64. The van der Waals surface area contributed by atoms with E-state index in [1.807, 2.05) is 12.1 Å². The number of benzene rings is 1. The van der Waals surface area contributed by atoms with E-state index < -0.39 is 0 Å². The summed E-state index contributed by atoms with van der Waals surface area (Å²) in [6.07, 6.45) is 3.91. The van der Waals surface area contributed by atoms with E-state index in [-0.39, 0.29) is 0 Å². The van der Waals surface area contributed by atoms with Crippen molar-refractivity contribution < 1.29 is 9.47 Å². The van der Waals surface area contributed by atoms with Gasteiger partial charge in [-0.3, -0.25) is 0 Å². The summed E-state index contributed by atoms with van der Waals surface area (Å²) >= 11 is 0. The normalized spacial score (nSPS) is 14.6. The quantitative estimate of drug-likeness (QED) is 0.768. The van der Waals surface area contributed by atoms with Crippen molar-refractivity contribution in [3.05, 3.63) is 23.8 Å². The Kier molecular flexibility index (Phi) is 4.88. The topological polar surface area (TPSA) is 30.5 Å². The molecule has 0 bridgehead atoms. The average Bonchev–Trinajstić information content (AvgIpc) is 3.21. The lowest BCUT2D eigenvalue weighted by Crippen LogP contribution is -2.13. The Morgan fingerprint density at radius 2 is 2.17 bits per heavy atom. The number of hydrogen-bond acceptors (Lipinski definition) is 3. The fraction of sp³-hybridized carbons (Fsp3) is 0.600. The number of rotatable bonds is 8. The molecule has 1 aromatic rings. The Bertz CT molecular complexity index is 375. The maximum atomic E-state index is 5.94. The minimum absolute atomic E-state index is 0.796. The highest BCUT2D eigenvalue weighted by Gasteiger charge is 2.21. The summed E-state index contributed by atoms with van der Waals surface area (Å²) < 4.78 is 11.3. The van der Waals surface area contributed by atoms with Gasteiger partial charge in [-0.25, -0.2) is 0 Å². The maximum Gasteiger partial charge on any atom is 0.165 e. The summed E-state index contributed by atoms with van der Waals surface area (Å²) in [7, 11) is 1.69. The molecule has 0 amide bonds. The van der Waals surface area contributed by atoms with Gasteiger partial charge in [-0.05, 0) is 24.9 Å². The molecule has 1 aromatic carbocycles. The molecule has 0 spiro atoms. The molecule has 0 heterocycles. The fourth-order valence-electron chi connectivity index (χ4n) is 2.02. The first-order chi connectivity index (χ1) is 8.85. The second-order valence-electron chi connectivity index (χ2n) is 4.81. The molecule has 0 radical (unpaired) electrons. The number of nitrogens with one attached hydrogen (secondary N) is 1. The zero-order valence-corrected chi connectivity index (χ0v) is 11.4. The minimum Gasteiger partial charge on any atom is -0.493 e. The molecule has 3 heteroatoms. The van der Waals surface area contributed by atoms with Gasteiger partial charge in [0.15, 0.2) is 11.5 Å². The Hall–Kier alpha value is -1.22. The van der Waals surface area contributed by atoms with Gasteiger partial charge in [0, 0.05) is 12.1 Å². The van der Waals surface area contributed by atoms with Gasteiger partial charge in [-0.1, -0.05) is 31.9 Å². The van der Waals surface area contributed by atoms with E-state index >= 15 is 0 Å². The number of hydrogen-bond donors (Lipinski definition) is 1. The van der Waals surface area contributed by atoms with Gasteiger partial charge < -0.3 is 14.8 Å². The van der Waals surface area contributed by atoms with E-state index in [1.54, 1.807) is 7.11 Å². The Morgan fingerprint density at radius 3 is 2.83 bits per heavy atom. The van der Waals surface area contributed by atoms with Crippen LogP contribution < -0.4 is 14.8 Å². The number of methoxy groups -OCH3 is 1. The largest absolute Gasteiger partial charge is 0.493 e. The molecule has 0 aromatic heterocycles. The van der Waals surface area contributed by atoms with Crippen molar-refractivity contribution in [1.82, 2.24) is 5.32 Å². The first-order valence-electron chi connectivity index (χ1n) is 6.84. The average molecular weight is 249 g/mol. The molecule has 100 valence electrons. The van der Waals surface area contributed by atoms with Crippen LogP contribution in [0.5, 0.6) is 11.5 Å². The van der Waals surface area contributed by atoms with E-state index in [2.05, 4.69) is 18.3 Å². The van der Waals surface area contributed by atoms with Crippen molar-refractivity contribution in [2.45, 2.75) is 32.7 Å². The van der Waals surface area contributed by atoms with E-state index in [1.165, 1.54) is 24.8 Å². The van der Waals surface area contributed by atoms with Crippen molar-refractivity contribution in [3.8, 4) is 11.5 Å². The first-order valence-corrected chi connectivity index (χ1v) is 6.84. The van der Waals surface area contributed by atoms with Crippen LogP contribution in [-0.2, 0) is 6.54 Å². The van der Waals surface area contributed by atoms with E-state index in [0.717, 1.165) is 37.1 Å². The standard InChI is InChI=1S/C15H23NO2/c1-3-16-11-13-5-4-6-14(17-2)15(13)18-10-9-12-7-8-12/h4-6,12,16H,3,7-11H2,1-2H3. The van der Waals surface area contributed by atoms with Crippen molar-refractivity contribution in [2.24, 2.45) is 5.92 Å². The summed E-state index contributed by atoms with van der Waals surface area (Å²) in [5.41, 5.74) is 1.17. The van der Waals surface area contributed by atoms with Gasteiger partial charge in [0.25, 0.3) is 0 Å². The monoisotopic (exact) mass is 249 g/mol. The Morgan fingerprint density at radius 1 is 1.33 bits per heavy atom. The molecule has 1 fully saturated rings.